The zero-order valence-corrected chi connectivity index (χ0v) is 20.4. The van der Waals surface area contributed by atoms with Crippen molar-refractivity contribution in [2.45, 2.75) is 32.9 Å². The van der Waals surface area contributed by atoms with E-state index in [9.17, 15) is 9.59 Å². The van der Waals surface area contributed by atoms with E-state index >= 15 is 0 Å². The van der Waals surface area contributed by atoms with Gasteiger partial charge in [-0.15, -0.1) is 0 Å². The summed E-state index contributed by atoms with van der Waals surface area (Å²) < 4.78 is 7.28. The molecule has 0 saturated carbocycles. The number of nitrogens with one attached hydrogen (secondary N) is 1. The van der Waals surface area contributed by atoms with Gasteiger partial charge in [-0.2, -0.15) is 0 Å². The highest BCUT2D eigenvalue weighted by Gasteiger charge is 2.31. The molecule has 1 N–H and O–H groups in total. The third-order valence-electron chi connectivity index (χ3n) is 6.18. The van der Waals surface area contributed by atoms with Gasteiger partial charge in [0.25, 0.3) is 5.56 Å². The van der Waals surface area contributed by atoms with Crippen molar-refractivity contribution in [1.29, 1.82) is 0 Å². The maximum Gasteiger partial charge on any atom is 0.323 e. The summed E-state index contributed by atoms with van der Waals surface area (Å²) in [5.74, 6) is 0.586. The van der Waals surface area contributed by atoms with E-state index in [1.807, 2.05) is 93.6 Å². The first-order chi connectivity index (χ1) is 16.9. The minimum Gasteiger partial charge on any atom is -0.492 e. The lowest BCUT2D eigenvalue weighted by Gasteiger charge is -2.34. The normalized spacial score (nSPS) is 12.7. The van der Waals surface area contributed by atoms with Gasteiger partial charge in [0.2, 0.25) is 0 Å². The van der Waals surface area contributed by atoms with Crippen molar-refractivity contribution in [1.82, 2.24) is 14.5 Å². The first-order valence-corrected chi connectivity index (χ1v) is 11.7. The highest BCUT2D eigenvalue weighted by atomic mass is 16.5. The molecular formula is C28H30N4O3. The van der Waals surface area contributed by atoms with Gasteiger partial charge in [0, 0.05) is 7.05 Å². The zero-order valence-electron chi connectivity index (χ0n) is 20.4. The Morgan fingerprint density at radius 3 is 2.37 bits per heavy atom. The van der Waals surface area contributed by atoms with Crippen LogP contribution in [-0.2, 0) is 7.05 Å². The van der Waals surface area contributed by atoms with E-state index in [4.69, 9.17) is 4.74 Å². The molecule has 0 aliphatic heterocycles. The number of fused-ring (bicyclic) bond motifs is 1. The minimum absolute atomic E-state index is 0.232. The second-order valence-electron chi connectivity index (χ2n) is 8.38. The Morgan fingerprint density at radius 1 is 0.971 bits per heavy atom. The highest BCUT2D eigenvalue weighted by Crippen LogP contribution is 2.31. The summed E-state index contributed by atoms with van der Waals surface area (Å²) in [5.41, 5.74) is 3.03. The smallest absolute Gasteiger partial charge is 0.323 e. The van der Waals surface area contributed by atoms with Gasteiger partial charge in [0.15, 0.2) is 0 Å². The van der Waals surface area contributed by atoms with E-state index in [1.165, 1.54) is 0 Å². The molecule has 0 fully saturated rings. The summed E-state index contributed by atoms with van der Waals surface area (Å²) in [6.07, 6.45) is 0. The molecule has 2 amide bonds. The Balaban J connectivity index is 1.78. The van der Waals surface area contributed by atoms with Crippen molar-refractivity contribution in [3.05, 3.63) is 100 Å². The van der Waals surface area contributed by atoms with Gasteiger partial charge in [0.05, 0.1) is 35.4 Å². The van der Waals surface area contributed by atoms with Crippen molar-refractivity contribution in [2.24, 2.45) is 7.05 Å². The molecule has 7 nitrogen and oxygen atoms in total. The van der Waals surface area contributed by atoms with E-state index in [0.717, 1.165) is 11.1 Å². The monoisotopic (exact) mass is 470 g/mol. The number of aryl methyl sites for hydroxylation is 1. The Kier molecular flexibility index (Phi) is 7.15. The van der Waals surface area contributed by atoms with Gasteiger partial charge in [-0.05, 0) is 50.6 Å². The maximum absolute atomic E-state index is 13.8. The number of amides is 2. The molecular weight excluding hydrogens is 440 g/mol. The van der Waals surface area contributed by atoms with Crippen LogP contribution in [0.5, 0.6) is 5.75 Å². The minimum atomic E-state index is -0.604. The van der Waals surface area contributed by atoms with Crippen LogP contribution in [0.4, 0.5) is 10.5 Å². The number of rotatable bonds is 7. The molecule has 7 heteroatoms. The summed E-state index contributed by atoms with van der Waals surface area (Å²) in [4.78, 5) is 33.5. The van der Waals surface area contributed by atoms with Crippen LogP contribution in [0.1, 0.15) is 44.1 Å². The zero-order chi connectivity index (χ0) is 24.9. The Labute approximate surface area is 205 Å². The van der Waals surface area contributed by atoms with E-state index < -0.39 is 6.04 Å². The first kappa shape index (κ1) is 24.0. The van der Waals surface area contributed by atoms with E-state index in [-0.39, 0.29) is 17.6 Å². The van der Waals surface area contributed by atoms with Crippen molar-refractivity contribution in [3.63, 3.8) is 0 Å². The number of nitrogens with zero attached hydrogens (tertiary/aromatic N) is 3. The number of aromatic nitrogens is 2. The summed E-state index contributed by atoms with van der Waals surface area (Å²) in [6.45, 7) is 6.16. The number of hydrogen-bond acceptors (Lipinski definition) is 4. The molecule has 4 aromatic rings. The molecule has 0 bridgehead atoms. The topological polar surface area (TPSA) is 76.5 Å². The molecule has 0 radical (unpaired) electrons. The SMILES string of the molecule is CCOc1ccccc1NC(=O)N([C@H](C)c1ccccc1)[C@@H](C)c1nc2ccccc2n(C)c1=O. The van der Waals surface area contributed by atoms with Crippen molar-refractivity contribution < 1.29 is 9.53 Å². The molecule has 0 aliphatic rings. The molecule has 4 rings (SSSR count). The molecule has 0 aliphatic carbocycles. The third kappa shape index (κ3) is 4.89. The largest absolute Gasteiger partial charge is 0.492 e. The van der Waals surface area contributed by atoms with Crippen LogP contribution in [0.3, 0.4) is 0 Å². The lowest BCUT2D eigenvalue weighted by atomic mass is 10.0. The number of carbonyl (C=O) groups excluding carboxylic acids is 1. The Bertz CT molecular complexity index is 1380. The lowest BCUT2D eigenvalue weighted by Crippen LogP contribution is -2.42. The summed E-state index contributed by atoms with van der Waals surface area (Å²) >= 11 is 0. The van der Waals surface area contributed by atoms with Crippen LogP contribution in [0.2, 0.25) is 0 Å². The second kappa shape index (κ2) is 10.4. The van der Waals surface area contributed by atoms with E-state index in [1.54, 1.807) is 22.6 Å². The number of carbonyl (C=O) groups is 1. The first-order valence-electron chi connectivity index (χ1n) is 11.7. The quantitative estimate of drug-likeness (QED) is 0.377. The fourth-order valence-electron chi connectivity index (χ4n) is 4.32. The molecule has 1 heterocycles. The molecule has 1 aromatic heterocycles. The summed E-state index contributed by atoms with van der Waals surface area (Å²) in [7, 11) is 1.73. The maximum atomic E-state index is 13.8. The molecule has 180 valence electrons. The fraction of sp³-hybridized carbons (Fsp3) is 0.250. The van der Waals surface area contributed by atoms with E-state index in [2.05, 4.69) is 10.3 Å². The van der Waals surface area contributed by atoms with E-state index in [0.29, 0.717) is 29.3 Å². The number of hydrogen-bond donors (Lipinski definition) is 1. The molecule has 0 unspecified atom stereocenters. The lowest BCUT2D eigenvalue weighted by molar-refractivity contribution is 0.165. The summed E-state index contributed by atoms with van der Waals surface area (Å²) in [5, 5.41) is 2.99. The van der Waals surface area contributed by atoms with Crippen molar-refractivity contribution in [3.8, 4) is 5.75 Å². The van der Waals surface area contributed by atoms with Crippen LogP contribution in [-0.4, -0.2) is 27.1 Å². The van der Waals surface area contributed by atoms with Crippen LogP contribution in [0, 0.1) is 0 Å². The van der Waals surface area contributed by atoms with Crippen molar-refractivity contribution in [2.75, 3.05) is 11.9 Å². The third-order valence-corrected chi connectivity index (χ3v) is 6.18. The predicted octanol–water partition coefficient (Wildman–Crippen LogP) is 5.69. The molecule has 35 heavy (non-hydrogen) atoms. The summed E-state index contributed by atoms with van der Waals surface area (Å²) in [6, 6.07) is 23.3. The number of urea groups is 1. The Hall–Kier alpha value is -4.13. The number of benzene rings is 3. The standard InChI is InChI=1S/C28H30N4O3/c1-5-35-25-18-12-10-16-23(25)30-28(34)32(19(2)21-13-7-6-8-14-21)20(3)26-27(33)31(4)24-17-11-9-15-22(24)29-26/h6-20H,5H2,1-4H3,(H,30,34)/t19-,20+/m1/s1. The second-order valence-corrected chi connectivity index (χ2v) is 8.38. The van der Waals surface area contributed by atoms with Gasteiger partial charge < -0.3 is 19.5 Å². The highest BCUT2D eigenvalue weighted by molar-refractivity contribution is 5.91. The number of para-hydroxylation sites is 4. The van der Waals surface area contributed by atoms with Crippen LogP contribution < -0.4 is 15.6 Å². The molecule has 2 atom stereocenters. The average molecular weight is 471 g/mol. The molecule has 0 spiro atoms. The van der Waals surface area contributed by atoms with Gasteiger partial charge in [-0.3, -0.25) is 4.79 Å². The molecule has 0 saturated heterocycles. The van der Waals surface area contributed by atoms with Crippen molar-refractivity contribution >= 4 is 22.8 Å². The van der Waals surface area contributed by atoms with Gasteiger partial charge in [0.1, 0.15) is 11.4 Å². The van der Waals surface area contributed by atoms with Crippen LogP contribution in [0.15, 0.2) is 83.7 Å². The van der Waals surface area contributed by atoms with Gasteiger partial charge in [-0.1, -0.05) is 54.6 Å². The van der Waals surface area contributed by atoms with Gasteiger partial charge in [-0.25, -0.2) is 9.78 Å². The molecule has 3 aromatic carbocycles. The number of anilines is 1. The van der Waals surface area contributed by atoms with Gasteiger partial charge >= 0.3 is 6.03 Å². The number of ether oxygens (including phenoxy) is 1. The van der Waals surface area contributed by atoms with Crippen LogP contribution in [0.25, 0.3) is 11.0 Å². The van der Waals surface area contributed by atoms with Crippen LogP contribution >= 0.6 is 0 Å². The Morgan fingerprint density at radius 2 is 1.63 bits per heavy atom. The fourth-order valence-corrected chi connectivity index (χ4v) is 4.32. The predicted molar refractivity (Wildman–Crippen MR) is 139 cm³/mol. The average Bonchev–Trinajstić information content (AvgIpc) is 2.88.